The van der Waals surface area contributed by atoms with E-state index in [4.69, 9.17) is 10.8 Å². The van der Waals surface area contributed by atoms with E-state index < -0.39 is 0 Å². The fourth-order valence-electron chi connectivity index (χ4n) is 1.33. The number of hydrogen-bond acceptors (Lipinski definition) is 2. The van der Waals surface area contributed by atoms with Crippen LogP contribution < -0.4 is 5.73 Å². The van der Waals surface area contributed by atoms with Gasteiger partial charge in [-0.1, -0.05) is 62.9 Å². The topological polar surface area (TPSA) is 46.2 Å². The summed E-state index contributed by atoms with van der Waals surface area (Å²) in [5.74, 6) is 0. The van der Waals surface area contributed by atoms with Crippen LogP contribution >= 0.6 is 0 Å². The minimum Gasteiger partial charge on any atom is -0.396 e. The van der Waals surface area contributed by atoms with Crippen molar-refractivity contribution in [3.63, 3.8) is 0 Å². The van der Waals surface area contributed by atoms with Gasteiger partial charge in [-0.2, -0.15) is 0 Å². The molecular formula is C14H25NO. The van der Waals surface area contributed by atoms with Crippen LogP contribution in [0.3, 0.4) is 0 Å². The molecule has 0 aliphatic carbocycles. The van der Waals surface area contributed by atoms with E-state index in [0.29, 0.717) is 13.2 Å². The Morgan fingerprint density at radius 1 is 1.00 bits per heavy atom. The van der Waals surface area contributed by atoms with Crippen LogP contribution in [-0.4, -0.2) is 11.7 Å². The van der Waals surface area contributed by atoms with Gasteiger partial charge in [0, 0.05) is 13.2 Å². The van der Waals surface area contributed by atoms with Crippen molar-refractivity contribution in [3.8, 4) is 0 Å². The standard InChI is InChI=1S/C7H9N.C7H16O/c8-6-7-4-2-1-3-5-7;1-2-3-4-5-6-7-8/h1-5H,6,8H2;8H,2-7H2,1H3. The smallest absolute Gasteiger partial charge is 0.0431 e. The molecule has 2 heteroatoms. The third-order valence-electron chi connectivity index (χ3n) is 2.34. The van der Waals surface area contributed by atoms with Crippen molar-refractivity contribution >= 4 is 0 Å². The molecule has 0 aliphatic heterocycles. The zero-order valence-corrected chi connectivity index (χ0v) is 10.4. The van der Waals surface area contributed by atoms with E-state index in [1.165, 1.54) is 31.2 Å². The normalized spacial score (nSPS) is 9.44. The molecule has 92 valence electrons. The van der Waals surface area contributed by atoms with Crippen LogP contribution in [0, 0.1) is 0 Å². The quantitative estimate of drug-likeness (QED) is 0.728. The second-order valence-corrected chi connectivity index (χ2v) is 3.83. The zero-order valence-electron chi connectivity index (χ0n) is 10.4. The molecule has 0 aliphatic rings. The Morgan fingerprint density at radius 3 is 2.06 bits per heavy atom. The molecule has 16 heavy (non-hydrogen) atoms. The lowest BCUT2D eigenvalue weighted by atomic mass is 10.2. The minimum atomic E-state index is 0.365. The summed E-state index contributed by atoms with van der Waals surface area (Å²) < 4.78 is 0. The summed E-state index contributed by atoms with van der Waals surface area (Å²) in [7, 11) is 0. The van der Waals surface area contributed by atoms with Crippen LogP contribution in [0.25, 0.3) is 0 Å². The fourth-order valence-corrected chi connectivity index (χ4v) is 1.33. The summed E-state index contributed by atoms with van der Waals surface area (Å²) in [5.41, 5.74) is 6.54. The average molecular weight is 223 g/mol. The molecule has 0 saturated carbocycles. The van der Waals surface area contributed by atoms with Gasteiger partial charge in [-0.05, 0) is 12.0 Å². The first-order chi connectivity index (χ1) is 7.85. The molecule has 0 spiro atoms. The van der Waals surface area contributed by atoms with Gasteiger partial charge in [0.25, 0.3) is 0 Å². The Kier molecular flexibility index (Phi) is 11.6. The molecule has 0 saturated heterocycles. The highest BCUT2D eigenvalue weighted by Gasteiger charge is 1.84. The average Bonchev–Trinajstić information content (AvgIpc) is 2.36. The van der Waals surface area contributed by atoms with Gasteiger partial charge in [-0.25, -0.2) is 0 Å². The summed E-state index contributed by atoms with van der Waals surface area (Å²) in [5, 5.41) is 8.37. The molecule has 0 amide bonds. The first-order valence-corrected chi connectivity index (χ1v) is 6.20. The Labute approximate surface area is 99.5 Å². The van der Waals surface area contributed by atoms with Crippen LogP contribution in [0.4, 0.5) is 0 Å². The molecule has 0 aromatic heterocycles. The highest BCUT2D eigenvalue weighted by molar-refractivity contribution is 5.13. The van der Waals surface area contributed by atoms with Gasteiger partial charge in [0.15, 0.2) is 0 Å². The molecule has 1 aromatic carbocycles. The molecule has 3 N–H and O–H groups in total. The lowest BCUT2D eigenvalue weighted by Crippen LogP contribution is -1.94. The molecule has 0 heterocycles. The molecule has 2 nitrogen and oxygen atoms in total. The maximum Gasteiger partial charge on any atom is 0.0431 e. The largest absolute Gasteiger partial charge is 0.396 e. The SMILES string of the molecule is CCCCCCCO.NCc1ccccc1. The second kappa shape index (κ2) is 12.2. The van der Waals surface area contributed by atoms with E-state index in [1.54, 1.807) is 0 Å². The van der Waals surface area contributed by atoms with Gasteiger partial charge < -0.3 is 10.8 Å². The lowest BCUT2D eigenvalue weighted by molar-refractivity contribution is 0.282. The van der Waals surface area contributed by atoms with Crippen molar-refractivity contribution in [2.24, 2.45) is 5.73 Å². The molecule has 0 radical (unpaired) electrons. The zero-order chi connectivity index (χ0) is 12.1. The van der Waals surface area contributed by atoms with Crippen LogP contribution in [0.5, 0.6) is 0 Å². The monoisotopic (exact) mass is 223 g/mol. The number of aliphatic hydroxyl groups excluding tert-OH is 1. The third-order valence-corrected chi connectivity index (χ3v) is 2.34. The van der Waals surface area contributed by atoms with Crippen LogP contribution in [0.1, 0.15) is 44.6 Å². The number of hydrogen-bond donors (Lipinski definition) is 2. The third kappa shape index (κ3) is 9.69. The van der Waals surface area contributed by atoms with Gasteiger partial charge in [-0.3, -0.25) is 0 Å². The summed E-state index contributed by atoms with van der Waals surface area (Å²) in [4.78, 5) is 0. The fraction of sp³-hybridized carbons (Fsp3) is 0.571. The van der Waals surface area contributed by atoms with Crippen LogP contribution in [0.15, 0.2) is 30.3 Å². The van der Waals surface area contributed by atoms with E-state index in [1.807, 2.05) is 30.3 Å². The van der Waals surface area contributed by atoms with Crippen molar-refractivity contribution in [1.29, 1.82) is 0 Å². The number of aliphatic hydroxyl groups is 1. The van der Waals surface area contributed by atoms with Gasteiger partial charge in [-0.15, -0.1) is 0 Å². The predicted molar refractivity (Wildman–Crippen MR) is 70.2 cm³/mol. The van der Waals surface area contributed by atoms with Crippen LogP contribution in [0.2, 0.25) is 0 Å². The Balaban J connectivity index is 0.000000281. The van der Waals surface area contributed by atoms with E-state index >= 15 is 0 Å². The summed E-state index contributed by atoms with van der Waals surface area (Å²) in [6.07, 6.45) is 6.08. The van der Waals surface area contributed by atoms with Crippen LogP contribution in [-0.2, 0) is 6.54 Å². The van der Waals surface area contributed by atoms with Crippen molar-refractivity contribution in [2.45, 2.75) is 45.6 Å². The van der Waals surface area contributed by atoms with E-state index in [2.05, 4.69) is 6.92 Å². The Hall–Kier alpha value is -0.860. The second-order valence-electron chi connectivity index (χ2n) is 3.83. The van der Waals surface area contributed by atoms with E-state index in [0.717, 1.165) is 6.42 Å². The Bertz CT molecular complexity index is 217. The maximum atomic E-state index is 8.37. The van der Waals surface area contributed by atoms with Gasteiger partial charge >= 0.3 is 0 Å². The number of nitrogens with two attached hydrogens (primary N) is 1. The van der Waals surface area contributed by atoms with Crippen molar-refractivity contribution in [1.82, 2.24) is 0 Å². The van der Waals surface area contributed by atoms with Gasteiger partial charge in [0.2, 0.25) is 0 Å². The van der Waals surface area contributed by atoms with E-state index in [-0.39, 0.29) is 0 Å². The number of rotatable bonds is 6. The summed E-state index contributed by atoms with van der Waals surface area (Å²) in [6, 6.07) is 9.99. The van der Waals surface area contributed by atoms with Crippen molar-refractivity contribution in [3.05, 3.63) is 35.9 Å². The maximum absolute atomic E-state index is 8.37. The Morgan fingerprint density at radius 2 is 1.62 bits per heavy atom. The van der Waals surface area contributed by atoms with Gasteiger partial charge in [0.05, 0.1) is 0 Å². The molecule has 0 bridgehead atoms. The first-order valence-electron chi connectivity index (χ1n) is 6.20. The molecule has 1 rings (SSSR count). The number of benzene rings is 1. The first kappa shape index (κ1) is 15.1. The van der Waals surface area contributed by atoms with E-state index in [9.17, 15) is 0 Å². The highest BCUT2D eigenvalue weighted by Crippen LogP contribution is 2.00. The molecule has 1 aromatic rings. The van der Waals surface area contributed by atoms with Gasteiger partial charge in [0.1, 0.15) is 0 Å². The lowest BCUT2D eigenvalue weighted by Gasteiger charge is -1.93. The molecule has 0 unspecified atom stereocenters. The predicted octanol–water partition coefficient (Wildman–Crippen LogP) is 3.09. The highest BCUT2D eigenvalue weighted by atomic mass is 16.2. The molecule has 0 fully saturated rings. The van der Waals surface area contributed by atoms with Crippen molar-refractivity contribution in [2.75, 3.05) is 6.61 Å². The summed E-state index contributed by atoms with van der Waals surface area (Å²) in [6.45, 7) is 3.20. The summed E-state index contributed by atoms with van der Waals surface area (Å²) >= 11 is 0. The van der Waals surface area contributed by atoms with Crippen molar-refractivity contribution < 1.29 is 5.11 Å². The minimum absolute atomic E-state index is 0.365. The molecular weight excluding hydrogens is 198 g/mol. The molecule has 0 atom stereocenters. The number of unbranched alkanes of at least 4 members (excludes halogenated alkanes) is 4.